The van der Waals surface area contributed by atoms with Gasteiger partial charge in [0.1, 0.15) is 28.4 Å². The molecule has 278 valence electrons. The third-order valence-electron chi connectivity index (χ3n) is 11.5. The van der Waals surface area contributed by atoms with Crippen molar-refractivity contribution in [2.75, 3.05) is 0 Å². The van der Waals surface area contributed by atoms with E-state index in [0.29, 0.717) is 71.3 Å². The van der Waals surface area contributed by atoms with Crippen molar-refractivity contribution in [1.29, 1.82) is 0 Å². The molecule has 0 fully saturated rings. The van der Waals surface area contributed by atoms with Gasteiger partial charge >= 0.3 is 6.18 Å². The zero-order valence-corrected chi connectivity index (χ0v) is 30.0. The molecular weight excluding hydrogens is 744 g/mol. The van der Waals surface area contributed by atoms with Gasteiger partial charge in [0.25, 0.3) is 0 Å². The van der Waals surface area contributed by atoms with Crippen molar-refractivity contribution in [1.82, 2.24) is 9.13 Å². The maximum Gasteiger partial charge on any atom is 0.420 e. The average molecular weight is 769 g/mol. The molecule has 8 aromatic carbocycles. The van der Waals surface area contributed by atoms with Crippen molar-refractivity contribution in [3.05, 3.63) is 169 Å². The van der Waals surface area contributed by atoms with Crippen LogP contribution in [0.1, 0.15) is 5.56 Å². The van der Waals surface area contributed by atoms with Crippen LogP contribution in [0.3, 0.4) is 0 Å². The summed E-state index contributed by atoms with van der Waals surface area (Å²) in [5.74, 6) is -2.00. The van der Waals surface area contributed by atoms with Crippen molar-refractivity contribution >= 4 is 87.5 Å². The van der Waals surface area contributed by atoms with Gasteiger partial charge in [-0.15, -0.1) is 0 Å². The van der Waals surface area contributed by atoms with Gasteiger partial charge < -0.3 is 18.0 Å². The summed E-state index contributed by atoms with van der Waals surface area (Å²) in [4.78, 5) is 0. The van der Waals surface area contributed by atoms with E-state index in [1.165, 1.54) is 22.8 Å². The van der Waals surface area contributed by atoms with E-state index in [4.69, 9.17) is 8.83 Å². The molecule has 4 nitrogen and oxygen atoms in total. The maximum atomic E-state index is 16.7. The largest absolute Gasteiger partial charge is 0.454 e. The van der Waals surface area contributed by atoms with Crippen LogP contribution in [0.5, 0.6) is 0 Å². The molecule has 0 amide bonds. The molecule has 0 spiro atoms. The molecule has 0 saturated heterocycles. The van der Waals surface area contributed by atoms with Gasteiger partial charge in [-0.1, -0.05) is 91.0 Å². The van der Waals surface area contributed by atoms with Crippen LogP contribution in [0.15, 0.2) is 160 Å². The molecule has 0 atom stereocenters. The summed E-state index contributed by atoms with van der Waals surface area (Å²) >= 11 is 0. The Morgan fingerprint density at radius 3 is 1.43 bits per heavy atom. The highest BCUT2D eigenvalue weighted by molar-refractivity contribution is 6.23. The Hall–Kier alpha value is -7.39. The fourth-order valence-electron chi connectivity index (χ4n) is 9.18. The lowest BCUT2D eigenvalue weighted by molar-refractivity contribution is -0.137. The minimum atomic E-state index is -5.08. The molecule has 0 saturated carbocycles. The Kier molecular flexibility index (Phi) is 6.55. The van der Waals surface area contributed by atoms with Crippen molar-refractivity contribution in [2.45, 2.75) is 6.18 Å². The summed E-state index contributed by atoms with van der Waals surface area (Å²) in [5, 5.41) is 5.66. The van der Waals surface area contributed by atoms with Gasteiger partial charge in [-0.3, -0.25) is 0 Å². The number of hydrogen-bond donors (Lipinski definition) is 0. The predicted octanol–water partition coefficient (Wildman–Crippen LogP) is 14.6. The monoisotopic (exact) mass is 768 g/mol. The predicted molar refractivity (Wildman–Crippen MR) is 220 cm³/mol. The zero-order chi connectivity index (χ0) is 39.0. The van der Waals surface area contributed by atoms with E-state index in [9.17, 15) is 0 Å². The Morgan fingerprint density at radius 1 is 0.414 bits per heavy atom. The van der Waals surface area contributed by atoms with E-state index in [1.807, 2.05) is 91.0 Å². The third kappa shape index (κ3) is 4.33. The molecule has 0 bridgehead atoms. The normalized spacial score (nSPS) is 12.6. The Morgan fingerprint density at radius 2 is 0.879 bits per heavy atom. The quantitative estimate of drug-likeness (QED) is 0.168. The van der Waals surface area contributed by atoms with Crippen molar-refractivity contribution in [3.63, 3.8) is 0 Å². The summed E-state index contributed by atoms with van der Waals surface area (Å²) < 4.78 is 98.3. The van der Waals surface area contributed by atoms with Crippen LogP contribution in [0.2, 0.25) is 0 Å². The van der Waals surface area contributed by atoms with Gasteiger partial charge in [0.05, 0.1) is 39.0 Å². The minimum Gasteiger partial charge on any atom is -0.454 e. The molecule has 4 aromatic heterocycles. The summed E-state index contributed by atoms with van der Waals surface area (Å²) in [7, 11) is 0. The fourth-order valence-corrected chi connectivity index (χ4v) is 9.18. The lowest BCUT2D eigenvalue weighted by Gasteiger charge is -2.24. The number of nitrogens with zero attached hydrogens (tertiary/aromatic N) is 2. The summed E-state index contributed by atoms with van der Waals surface area (Å²) in [6.45, 7) is 0. The Bertz CT molecular complexity index is 3690. The molecule has 0 aliphatic carbocycles. The Balaban J connectivity index is 1.34. The van der Waals surface area contributed by atoms with Gasteiger partial charge in [-0.25, -0.2) is 8.78 Å². The fraction of sp³-hybridized carbons (Fsp3) is 0.0204. The highest BCUT2D eigenvalue weighted by Crippen LogP contribution is 2.50. The molecule has 0 N–H and O–H groups in total. The second kappa shape index (κ2) is 11.6. The van der Waals surface area contributed by atoms with Gasteiger partial charge in [-0.05, 0) is 60.7 Å². The van der Waals surface area contributed by atoms with E-state index >= 15 is 22.0 Å². The van der Waals surface area contributed by atoms with Crippen LogP contribution in [0, 0.1) is 11.6 Å². The summed E-state index contributed by atoms with van der Waals surface area (Å²) in [6.07, 6.45) is -5.08. The number of para-hydroxylation sites is 4. The highest BCUT2D eigenvalue weighted by Gasteiger charge is 2.41. The molecule has 12 aromatic rings. The first-order valence-electron chi connectivity index (χ1n) is 18.6. The van der Waals surface area contributed by atoms with Crippen LogP contribution in [0.4, 0.5) is 22.0 Å². The highest BCUT2D eigenvalue weighted by atomic mass is 19.4. The number of benzene rings is 8. The molecule has 58 heavy (non-hydrogen) atoms. The summed E-state index contributed by atoms with van der Waals surface area (Å²) in [5.41, 5.74) is 0.883. The lowest BCUT2D eigenvalue weighted by atomic mass is 9.96. The van der Waals surface area contributed by atoms with E-state index in [0.717, 1.165) is 28.3 Å². The number of aromatic nitrogens is 2. The number of rotatable bonds is 3. The van der Waals surface area contributed by atoms with E-state index in [1.54, 1.807) is 34.9 Å². The number of halogens is 5. The van der Waals surface area contributed by atoms with Crippen molar-refractivity contribution < 1.29 is 30.8 Å². The van der Waals surface area contributed by atoms with Gasteiger partial charge in [0.15, 0.2) is 11.2 Å². The van der Waals surface area contributed by atoms with Crippen LogP contribution >= 0.6 is 0 Å². The van der Waals surface area contributed by atoms with E-state index in [2.05, 4.69) is 0 Å². The smallest absolute Gasteiger partial charge is 0.420 e. The SMILES string of the molecule is Fc1cccc(F)c1-c1ccc(-n2c3ccccc3c3ccc4c5ccccc5oc4c32)c(C(F)(F)F)c1-n1c2ccccc2c2ccc3c4ccccc4oc3c21. The minimum absolute atomic E-state index is 0.245. The molecule has 4 heterocycles. The van der Waals surface area contributed by atoms with E-state index in [-0.39, 0.29) is 11.3 Å². The third-order valence-corrected chi connectivity index (χ3v) is 11.5. The van der Waals surface area contributed by atoms with Gasteiger partial charge in [0.2, 0.25) is 0 Å². The standard InChI is InChI=1S/C49H25F5N2O2/c50-35-14-9-15-36(51)42(35)34-24-25-39(55-37-16-5-1-10-26(37)30-20-22-32-28-12-3-7-18-40(28)57-47(32)45(30)55)43(49(52,53)54)44(34)56-38-17-6-2-11-27(38)31-21-23-33-29-13-4-8-19-41(29)58-48(33)46(31)56/h1-25H. The van der Waals surface area contributed by atoms with Crippen LogP contribution in [-0.4, -0.2) is 9.13 Å². The first-order chi connectivity index (χ1) is 28.3. The maximum absolute atomic E-state index is 16.7. The molecular formula is C49H25F5N2O2. The number of furan rings is 2. The second-order valence-electron chi connectivity index (χ2n) is 14.5. The molecule has 0 aliphatic heterocycles. The van der Waals surface area contributed by atoms with Crippen molar-refractivity contribution in [3.8, 4) is 22.5 Å². The van der Waals surface area contributed by atoms with Crippen molar-refractivity contribution in [2.24, 2.45) is 0 Å². The van der Waals surface area contributed by atoms with E-state index < -0.39 is 34.6 Å². The topological polar surface area (TPSA) is 36.1 Å². The average Bonchev–Trinajstić information content (AvgIpc) is 3.98. The first kappa shape index (κ1) is 32.8. The number of fused-ring (bicyclic) bond motifs is 14. The summed E-state index contributed by atoms with van der Waals surface area (Å²) in [6, 6.07) is 42.8. The molecule has 9 heteroatoms. The first-order valence-corrected chi connectivity index (χ1v) is 18.6. The van der Waals surface area contributed by atoms with Gasteiger partial charge in [-0.2, -0.15) is 13.2 Å². The number of hydrogen-bond acceptors (Lipinski definition) is 2. The molecule has 0 aliphatic rings. The van der Waals surface area contributed by atoms with Crippen LogP contribution in [-0.2, 0) is 6.18 Å². The molecule has 0 radical (unpaired) electrons. The Labute approximate surface area is 324 Å². The van der Waals surface area contributed by atoms with Gasteiger partial charge in [0, 0.05) is 48.7 Å². The molecule has 0 unspecified atom stereocenters. The lowest BCUT2D eigenvalue weighted by Crippen LogP contribution is -2.17. The number of alkyl halides is 3. The van der Waals surface area contributed by atoms with Crippen LogP contribution < -0.4 is 0 Å². The molecule has 12 rings (SSSR count). The van der Waals surface area contributed by atoms with Crippen LogP contribution in [0.25, 0.3) is 110 Å². The zero-order valence-electron chi connectivity index (χ0n) is 30.0. The second-order valence-corrected chi connectivity index (χ2v) is 14.5.